The Morgan fingerprint density at radius 3 is 1.97 bits per heavy atom. The van der Waals surface area contributed by atoms with Crippen molar-refractivity contribution in [2.24, 2.45) is 11.8 Å². The standard InChI is InChI=1S/C29H34N8O2.C19H28N4/c1-18-3-6-26(19-4-5-20-17-37(34-24(20)13-19)21-8-11-35(2)12-9-21)36(16-18)29(39)28(38)33-25-15-31-14-23-22(25)7-10-32-27(23)30;1-14-3-6-18(20-12-14)15-4-5-16-13-23(21-19(16)11-15)17-7-9-22(2)10-8-17/h4-5,7,10,13-15,17-18,21,26H,3,6,8-9,11-12,16H2,1-2H3,(H2,30,32)(H,33,38);4-5,11,13-14,17-18,20H,3,6-10,12H2,1-2H3/t18-,26+;14-,18+/m00/s1. The zero-order valence-electron chi connectivity index (χ0n) is 36.7. The number of amides is 2. The highest BCUT2D eigenvalue weighted by Gasteiger charge is 2.35. The van der Waals surface area contributed by atoms with Crippen molar-refractivity contribution in [1.29, 1.82) is 0 Å². The number of nitrogen functional groups attached to an aromatic ring is 1. The number of carbonyl (C=O) groups is 2. The van der Waals surface area contributed by atoms with E-state index < -0.39 is 11.8 Å². The molecule has 2 aromatic carbocycles. The number of pyridine rings is 2. The van der Waals surface area contributed by atoms with Gasteiger partial charge in [-0.1, -0.05) is 38.1 Å². The Hall–Kier alpha value is -5.44. The van der Waals surface area contributed by atoms with E-state index in [1.54, 1.807) is 23.4 Å². The van der Waals surface area contributed by atoms with Crippen molar-refractivity contribution in [2.45, 2.75) is 89.4 Å². The number of rotatable bonds is 5. The molecule has 62 heavy (non-hydrogen) atoms. The second-order valence-corrected chi connectivity index (χ2v) is 18.7. The third kappa shape index (κ3) is 9.04. The van der Waals surface area contributed by atoms with Gasteiger partial charge in [0.15, 0.2) is 0 Å². The second-order valence-electron chi connectivity index (χ2n) is 18.7. The van der Waals surface area contributed by atoms with Gasteiger partial charge in [0, 0.05) is 58.9 Å². The van der Waals surface area contributed by atoms with Crippen molar-refractivity contribution in [3.05, 3.63) is 84.6 Å². The summed E-state index contributed by atoms with van der Waals surface area (Å²) in [5, 5.41) is 20.0. The number of carbonyl (C=O) groups excluding carboxylic acids is 2. The minimum absolute atomic E-state index is 0.192. The molecule has 14 heteroatoms. The van der Waals surface area contributed by atoms with Crippen LogP contribution in [0.2, 0.25) is 0 Å². The van der Waals surface area contributed by atoms with Gasteiger partial charge in [-0.25, -0.2) is 4.98 Å². The summed E-state index contributed by atoms with van der Waals surface area (Å²) >= 11 is 0. The Bertz CT molecular complexity index is 2510. The van der Waals surface area contributed by atoms with E-state index in [0.717, 1.165) is 73.2 Å². The number of nitrogens with two attached hydrogens (primary N) is 1. The molecule has 4 fully saturated rings. The first kappa shape index (κ1) is 41.9. The first-order valence-corrected chi connectivity index (χ1v) is 22.7. The minimum atomic E-state index is -0.689. The quantitative estimate of drug-likeness (QED) is 0.153. The normalized spacial score (nSPS) is 23.4. The summed E-state index contributed by atoms with van der Waals surface area (Å²) in [5.41, 5.74) is 10.9. The summed E-state index contributed by atoms with van der Waals surface area (Å²) < 4.78 is 4.33. The lowest BCUT2D eigenvalue weighted by atomic mass is 9.89. The number of nitrogens with one attached hydrogen (secondary N) is 2. The molecule has 4 atom stereocenters. The van der Waals surface area contributed by atoms with E-state index in [9.17, 15) is 9.59 Å². The zero-order valence-corrected chi connectivity index (χ0v) is 36.7. The smallest absolute Gasteiger partial charge is 0.313 e. The van der Waals surface area contributed by atoms with Crippen molar-refractivity contribution in [3.63, 3.8) is 0 Å². The SMILES string of the molecule is C[C@H]1CC[C@H](c2ccc3cn(C4CCN(C)CC4)nc3c2)N(C(=O)C(=O)Nc2cncc3c(N)nccc23)C1.C[C@H]1CC[C@H](c2ccc3cn(C4CCN(C)CC4)nc3c2)NC1. The lowest BCUT2D eigenvalue weighted by Crippen LogP contribution is -2.46. The molecule has 0 spiro atoms. The predicted molar refractivity (Wildman–Crippen MR) is 246 cm³/mol. The molecule has 4 saturated heterocycles. The van der Waals surface area contributed by atoms with Crippen LogP contribution in [0.25, 0.3) is 32.6 Å². The van der Waals surface area contributed by atoms with E-state index in [1.165, 1.54) is 55.9 Å². The van der Waals surface area contributed by atoms with Crippen LogP contribution in [-0.2, 0) is 9.59 Å². The number of likely N-dealkylation sites (tertiary alicyclic amines) is 3. The van der Waals surface area contributed by atoms with Crippen molar-refractivity contribution in [3.8, 4) is 0 Å². The van der Waals surface area contributed by atoms with Gasteiger partial charge < -0.3 is 31.1 Å². The van der Waals surface area contributed by atoms with Crippen molar-refractivity contribution in [2.75, 3.05) is 64.4 Å². The maximum absolute atomic E-state index is 13.6. The average Bonchev–Trinajstić information content (AvgIpc) is 3.92. The molecule has 10 rings (SSSR count). The molecule has 8 heterocycles. The van der Waals surface area contributed by atoms with Crippen LogP contribution in [0.15, 0.2) is 73.4 Å². The van der Waals surface area contributed by atoms with E-state index in [-0.39, 0.29) is 6.04 Å². The van der Waals surface area contributed by atoms with Crippen LogP contribution in [0.1, 0.15) is 101 Å². The van der Waals surface area contributed by atoms with Crippen LogP contribution in [-0.4, -0.2) is 109 Å². The molecule has 0 bridgehead atoms. The van der Waals surface area contributed by atoms with Crippen LogP contribution in [0, 0.1) is 11.8 Å². The van der Waals surface area contributed by atoms with Gasteiger partial charge in [-0.2, -0.15) is 10.2 Å². The number of hydrogen-bond donors (Lipinski definition) is 3. The first-order valence-electron chi connectivity index (χ1n) is 22.7. The number of hydrogen-bond acceptors (Lipinski definition) is 10. The number of benzene rings is 2. The number of nitrogens with zero attached hydrogens (tertiary/aromatic N) is 9. The molecule has 326 valence electrons. The average molecular weight is 839 g/mol. The van der Waals surface area contributed by atoms with E-state index in [2.05, 4.69) is 116 Å². The predicted octanol–water partition coefficient (Wildman–Crippen LogP) is 7.13. The van der Waals surface area contributed by atoms with E-state index in [4.69, 9.17) is 15.9 Å². The molecule has 0 radical (unpaired) electrons. The lowest BCUT2D eigenvalue weighted by Gasteiger charge is -2.38. The molecule has 14 nitrogen and oxygen atoms in total. The van der Waals surface area contributed by atoms with Gasteiger partial charge in [-0.05, 0) is 139 Å². The van der Waals surface area contributed by atoms with Gasteiger partial charge in [0.2, 0.25) is 0 Å². The van der Waals surface area contributed by atoms with Gasteiger partial charge in [0.05, 0.1) is 41.0 Å². The molecule has 4 aromatic heterocycles. The molecular weight excluding hydrogens is 777 g/mol. The molecular formula is C48H62N12O2. The van der Waals surface area contributed by atoms with Crippen LogP contribution in [0.5, 0.6) is 0 Å². The Morgan fingerprint density at radius 1 is 0.726 bits per heavy atom. The highest BCUT2D eigenvalue weighted by atomic mass is 16.2. The highest BCUT2D eigenvalue weighted by molar-refractivity contribution is 6.40. The van der Waals surface area contributed by atoms with Crippen LogP contribution in [0.3, 0.4) is 0 Å². The summed E-state index contributed by atoms with van der Waals surface area (Å²) in [6, 6.07) is 16.1. The Kier molecular flexibility index (Phi) is 12.2. The first-order chi connectivity index (χ1) is 30.1. The third-order valence-corrected chi connectivity index (χ3v) is 13.9. The molecule has 0 aliphatic carbocycles. The Balaban J connectivity index is 0.000000181. The van der Waals surface area contributed by atoms with Gasteiger partial charge >= 0.3 is 11.8 Å². The fourth-order valence-corrected chi connectivity index (χ4v) is 9.95. The van der Waals surface area contributed by atoms with Gasteiger partial charge in [-0.15, -0.1) is 0 Å². The third-order valence-electron chi connectivity index (χ3n) is 13.9. The van der Waals surface area contributed by atoms with E-state index >= 15 is 0 Å². The highest BCUT2D eigenvalue weighted by Crippen LogP contribution is 2.36. The van der Waals surface area contributed by atoms with Crippen LogP contribution in [0.4, 0.5) is 11.5 Å². The topological polar surface area (TPSA) is 155 Å². The van der Waals surface area contributed by atoms with Crippen LogP contribution < -0.4 is 16.4 Å². The van der Waals surface area contributed by atoms with Gasteiger partial charge in [0.1, 0.15) is 5.82 Å². The summed E-state index contributed by atoms with van der Waals surface area (Å²) in [7, 11) is 4.37. The molecule has 6 aromatic rings. The number of piperidine rings is 4. The summed E-state index contributed by atoms with van der Waals surface area (Å²) in [4.78, 5) is 41.5. The maximum atomic E-state index is 13.6. The summed E-state index contributed by atoms with van der Waals surface area (Å²) in [6.07, 6.45) is 18.0. The number of fused-ring (bicyclic) bond motifs is 3. The fraction of sp³-hybridized carbons (Fsp3) is 0.500. The largest absolute Gasteiger partial charge is 0.383 e. The van der Waals surface area contributed by atoms with Gasteiger partial charge in [-0.3, -0.25) is 23.9 Å². The zero-order chi connectivity index (χ0) is 42.9. The van der Waals surface area contributed by atoms with Gasteiger partial charge in [0.25, 0.3) is 0 Å². The Labute approximate surface area is 364 Å². The molecule has 0 saturated carbocycles. The molecule has 0 unspecified atom stereocenters. The monoisotopic (exact) mass is 839 g/mol. The van der Waals surface area contributed by atoms with Crippen molar-refractivity contribution in [1.82, 2.24) is 49.5 Å². The summed E-state index contributed by atoms with van der Waals surface area (Å²) in [5.74, 6) is 0.184. The number of aromatic nitrogens is 6. The minimum Gasteiger partial charge on any atom is -0.383 e. The second kappa shape index (κ2) is 18.1. The number of anilines is 2. The lowest BCUT2D eigenvalue weighted by molar-refractivity contribution is -0.146. The molecule has 4 N–H and O–H groups in total. The fourth-order valence-electron chi connectivity index (χ4n) is 9.95. The maximum Gasteiger partial charge on any atom is 0.313 e. The summed E-state index contributed by atoms with van der Waals surface area (Å²) in [6.45, 7) is 10.6. The molecule has 4 aliphatic heterocycles. The van der Waals surface area contributed by atoms with E-state index in [1.807, 2.05) is 0 Å². The molecule has 2 amide bonds. The van der Waals surface area contributed by atoms with Crippen molar-refractivity contribution >= 4 is 55.9 Å². The Morgan fingerprint density at radius 2 is 1.34 bits per heavy atom. The van der Waals surface area contributed by atoms with E-state index in [0.29, 0.717) is 52.9 Å². The molecule has 4 aliphatic rings. The van der Waals surface area contributed by atoms with Crippen molar-refractivity contribution < 1.29 is 9.59 Å². The van der Waals surface area contributed by atoms with Crippen LogP contribution >= 0.6 is 0 Å².